The molecule has 2 heterocycles. The van der Waals surface area contributed by atoms with E-state index in [0.29, 0.717) is 6.04 Å². The van der Waals surface area contributed by atoms with Crippen LogP contribution in [-0.2, 0) is 4.79 Å². The molecule has 2 aliphatic heterocycles. The van der Waals surface area contributed by atoms with E-state index in [4.69, 9.17) is 0 Å². The van der Waals surface area contributed by atoms with Gasteiger partial charge in [-0.05, 0) is 37.9 Å². The van der Waals surface area contributed by atoms with E-state index in [-0.39, 0.29) is 12.5 Å². The number of fused-ring (bicyclic) bond motifs is 1. The molecule has 2 unspecified atom stereocenters. The topological polar surface area (TPSA) is 43.8 Å². The monoisotopic (exact) mass is 288 g/mol. The van der Waals surface area contributed by atoms with Crippen LogP contribution in [-0.4, -0.2) is 53.1 Å². The van der Waals surface area contributed by atoms with Crippen molar-refractivity contribution < 1.29 is 9.90 Å². The highest BCUT2D eigenvalue weighted by Gasteiger charge is 2.32. The molecule has 0 spiro atoms. The standard InChI is InChI=1S/C17H24N2O2/c20-17(21)12-16(14-6-2-1-3-7-14)19-11-5-10-18-9-4-8-15(18)13-19/h1-3,6-7,15-16H,4-5,8-13H2,(H,20,21). The Hall–Kier alpha value is -1.39. The summed E-state index contributed by atoms with van der Waals surface area (Å²) < 4.78 is 0. The third-order valence-electron chi connectivity index (χ3n) is 4.83. The summed E-state index contributed by atoms with van der Waals surface area (Å²) in [7, 11) is 0. The third kappa shape index (κ3) is 3.44. The molecule has 2 aliphatic rings. The van der Waals surface area contributed by atoms with Crippen LogP contribution >= 0.6 is 0 Å². The number of aliphatic carboxylic acids is 1. The lowest BCUT2D eigenvalue weighted by Gasteiger charge is -2.32. The maximum Gasteiger partial charge on any atom is 0.305 e. The summed E-state index contributed by atoms with van der Waals surface area (Å²) in [6, 6.07) is 10.7. The average Bonchev–Trinajstić information content (AvgIpc) is 2.83. The molecule has 114 valence electrons. The fourth-order valence-corrected chi connectivity index (χ4v) is 3.82. The number of rotatable bonds is 4. The van der Waals surface area contributed by atoms with Gasteiger partial charge in [0, 0.05) is 25.2 Å². The van der Waals surface area contributed by atoms with E-state index in [0.717, 1.165) is 31.6 Å². The molecule has 0 aliphatic carbocycles. The molecule has 4 heteroatoms. The highest BCUT2D eigenvalue weighted by molar-refractivity contribution is 5.68. The van der Waals surface area contributed by atoms with Gasteiger partial charge >= 0.3 is 5.97 Å². The van der Waals surface area contributed by atoms with Crippen molar-refractivity contribution >= 4 is 5.97 Å². The van der Waals surface area contributed by atoms with Gasteiger partial charge in [0.25, 0.3) is 0 Å². The zero-order valence-corrected chi connectivity index (χ0v) is 12.4. The Balaban J connectivity index is 1.80. The molecule has 0 amide bonds. The van der Waals surface area contributed by atoms with E-state index in [9.17, 15) is 9.90 Å². The van der Waals surface area contributed by atoms with E-state index in [2.05, 4.69) is 21.9 Å². The molecule has 4 nitrogen and oxygen atoms in total. The Kier molecular flexibility index (Phi) is 4.56. The Labute approximate surface area is 126 Å². The van der Waals surface area contributed by atoms with Crippen LogP contribution in [0.3, 0.4) is 0 Å². The number of hydrogen-bond donors (Lipinski definition) is 1. The molecular weight excluding hydrogens is 264 g/mol. The zero-order valence-electron chi connectivity index (χ0n) is 12.4. The lowest BCUT2D eigenvalue weighted by Crippen LogP contribution is -2.39. The van der Waals surface area contributed by atoms with Gasteiger partial charge in [-0.2, -0.15) is 0 Å². The summed E-state index contributed by atoms with van der Waals surface area (Å²) in [5.74, 6) is -0.712. The highest BCUT2D eigenvalue weighted by Crippen LogP contribution is 2.29. The first kappa shape index (κ1) is 14.5. The summed E-state index contributed by atoms with van der Waals surface area (Å²) in [4.78, 5) is 16.3. The molecule has 0 bridgehead atoms. The number of carboxylic acids is 1. The second-order valence-corrected chi connectivity index (χ2v) is 6.20. The Morgan fingerprint density at radius 1 is 1.19 bits per heavy atom. The van der Waals surface area contributed by atoms with Gasteiger partial charge in [-0.25, -0.2) is 0 Å². The molecule has 2 fully saturated rings. The van der Waals surface area contributed by atoms with Gasteiger partial charge < -0.3 is 5.11 Å². The second kappa shape index (κ2) is 6.58. The maximum absolute atomic E-state index is 11.3. The van der Waals surface area contributed by atoms with E-state index in [1.54, 1.807) is 0 Å². The van der Waals surface area contributed by atoms with Gasteiger partial charge in [-0.3, -0.25) is 14.6 Å². The smallest absolute Gasteiger partial charge is 0.305 e. The van der Waals surface area contributed by atoms with Crippen LogP contribution in [0.2, 0.25) is 0 Å². The van der Waals surface area contributed by atoms with Crippen LogP contribution in [0.25, 0.3) is 0 Å². The van der Waals surface area contributed by atoms with E-state index < -0.39 is 5.97 Å². The number of hydrogen-bond acceptors (Lipinski definition) is 3. The summed E-state index contributed by atoms with van der Waals surface area (Å²) in [6.45, 7) is 4.38. The number of nitrogens with zero attached hydrogens (tertiary/aromatic N) is 2. The van der Waals surface area contributed by atoms with Gasteiger partial charge in [0.2, 0.25) is 0 Å². The van der Waals surface area contributed by atoms with Crippen LogP contribution in [0.5, 0.6) is 0 Å². The Morgan fingerprint density at radius 3 is 2.71 bits per heavy atom. The van der Waals surface area contributed by atoms with Crippen LogP contribution in [0.1, 0.15) is 37.3 Å². The van der Waals surface area contributed by atoms with Crippen LogP contribution in [0.15, 0.2) is 30.3 Å². The van der Waals surface area contributed by atoms with Crippen molar-refractivity contribution in [3.05, 3.63) is 35.9 Å². The van der Waals surface area contributed by atoms with E-state index in [1.165, 1.54) is 19.4 Å². The molecule has 1 aromatic rings. The molecule has 2 saturated heterocycles. The lowest BCUT2D eigenvalue weighted by molar-refractivity contribution is -0.138. The molecule has 3 rings (SSSR count). The largest absolute Gasteiger partial charge is 0.481 e. The molecule has 2 atom stereocenters. The summed E-state index contributed by atoms with van der Waals surface area (Å²) >= 11 is 0. The minimum Gasteiger partial charge on any atom is -0.481 e. The van der Waals surface area contributed by atoms with Gasteiger partial charge in [-0.1, -0.05) is 30.3 Å². The van der Waals surface area contributed by atoms with E-state index in [1.807, 2.05) is 18.2 Å². The first-order valence-corrected chi connectivity index (χ1v) is 7.99. The first-order chi connectivity index (χ1) is 10.2. The molecular formula is C17H24N2O2. The van der Waals surface area contributed by atoms with Crippen molar-refractivity contribution in [2.45, 2.75) is 37.8 Å². The molecule has 0 radical (unpaired) electrons. The number of benzene rings is 1. The first-order valence-electron chi connectivity index (χ1n) is 7.99. The van der Waals surface area contributed by atoms with Gasteiger partial charge in [-0.15, -0.1) is 0 Å². The fourth-order valence-electron chi connectivity index (χ4n) is 3.82. The number of carbonyl (C=O) groups is 1. The average molecular weight is 288 g/mol. The van der Waals surface area contributed by atoms with Crippen molar-refractivity contribution in [1.82, 2.24) is 9.80 Å². The normalized spacial score (nSPS) is 25.2. The Bertz CT molecular complexity index is 477. The summed E-state index contributed by atoms with van der Waals surface area (Å²) in [5, 5.41) is 9.30. The van der Waals surface area contributed by atoms with Crippen molar-refractivity contribution in [2.24, 2.45) is 0 Å². The predicted molar refractivity (Wildman–Crippen MR) is 82.2 cm³/mol. The second-order valence-electron chi connectivity index (χ2n) is 6.20. The van der Waals surface area contributed by atoms with Crippen LogP contribution in [0, 0.1) is 0 Å². The van der Waals surface area contributed by atoms with Gasteiger partial charge in [0.15, 0.2) is 0 Å². The molecule has 0 aromatic heterocycles. The zero-order chi connectivity index (χ0) is 14.7. The lowest BCUT2D eigenvalue weighted by atomic mass is 10.0. The van der Waals surface area contributed by atoms with Crippen molar-refractivity contribution in [3.8, 4) is 0 Å². The predicted octanol–water partition coefficient (Wildman–Crippen LogP) is 2.37. The summed E-state index contributed by atoms with van der Waals surface area (Å²) in [5.41, 5.74) is 1.13. The molecule has 1 N–H and O–H groups in total. The maximum atomic E-state index is 11.3. The third-order valence-corrected chi connectivity index (χ3v) is 4.83. The number of carboxylic acid groups (broad SMARTS) is 1. The van der Waals surface area contributed by atoms with Crippen LogP contribution in [0.4, 0.5) is 0 Å². The molecule has 21 heavy (non-hydrogen) atoms. The van der Waals surface area contributed by atoms with Crippen LogP contribution < -0.4 is 0 Å². The van der Waals surface area contributed by atoms with Gasteiger partial charge in [0.05, 0.1) is 6.42 Å². The Morgan fingerprint density at radius 2 is 1.95 bits per heavy atom. The van der Waals surface area contributed by atoms with Crippen molar-refractivity contribution in [1.29, 1.82) is 0 Å². The fraction of sp³-hybridized carbons (Fsp3) is 0.588. The van der Waals surface area contributed by atoms with Crippen molar-refractivity contribution in [2.75, 3.05) is 26.2 Å². The quantitative estimate of drug-likeness (QED) is 0.924. The van der Waals surface area contributed by atoms with Crippen molar-refractivity contribution in [3.63, 3.8) is 0 Å². The van der Waals surface area contributed by atoms with Gasteiger partial charge in [0.1, 0.15) is 0 Å². The van der Waals surface area contributed by atoms with E-state index >= 15 is 0 Å². The minimum absolute atomic E-state index is 0.00394. The minimum atomic E-state index is -0.712. The summed E-state index contributed by atoms with van der Waals surface area (Å²) in [6.07, 6.45) is 3.87. The SMILES string of the molecule is O=C(O)CC(c1ccccc1)N1CCCN2CCCC2C1. The molecule has 0 saturated carbocycles. The molecule has 1 aromatic carbocycles. The highest BCUT2D eigenvalue weighted by atomic mass is 16.4.